The molecule has 2 heterocycles. The van der Waals surface area contributed by atoms with Gasteiger partial charge in [-0.15, -0.1) is 0 Å². The second-order valence-electron chi connectivity index (χ2n) is 5.48. The van der Waals surface area contributed by atoms with E-state index in [2.05, 4.69) is 9.98 Å². The van der Waals surface area contributed by atoms with Crippen LogP contribution >= 0.6 is 0 Å². The molecule has 0 radical (unpaired) electrons. The molecule has 3 rings (SSSR count). The smallest absolute Gasteiger partial charge is 0.276 e. The molecule has 27 heavy (non-hydrogen) atoms. The summed E-state index contributed by atoms with van der Waals surface area (Å²) >= 11 is 0. The minimum Gasteiger partial charge on any atom is -0.276 e. The first-order chi connectivity index (χ1) is 12.8. The van der Waals surface area contributed by atoms with Crippen molar-refractivity contribution in [1.29, 1.82) is 0 Å². The van der Waals surface area contributed by atoms with E-state index in [1.165, 1.54) is 30.6 Å². The molecule has 1 atom stereocenters. The SMILES string of the molecule is O=C1NC(=O)N(c2cccc(C(F)(F)F)c2)C(=O)[C@@H]1C=Nc1ccncc1. The fraction of sp³-hybridized carbons (Fsp3) is 0.118. The zero-order valence-corrected chi connectivity index (χ0v) is 13.5. The maximum Gasteiger partial charge on any atom is 0.416 e. The van der Waals surface area contributed by atoms with Crippen LogP contribution in [0.15, 0.2) is 53.8 Å². The van der Waals surface area contributed by atoms with Gasteiger partial charge in [-0.25, -0.2) is 9.69 Å². The molecule has 0 unspecified atom stereocenters. The molecule has 1 aromatic heterocycles. The first-order valence-electron chi connectivity index (χ1n) is 7.57. The van der Waals surface area contributed by atoms with E-state index in [0.29, 0.717) is 16.7 Å². The van der Waals surface area contributed by atoms with Gasteiger partial charge in [-0.05, 0) is 30.3 Å². The number of nitrogens with zero attached hydrogens (tertiary/aromatic N) is 3. The number of barbiturate groups is 1. The van der Waals surface area contributed by atoms with Crippen molar-refractivity contribution in [1.82, 2.24) is 10.3 Å². The number of hydrogen-bond donors (Lipinski definition) is 1. The Labute approximate surface area is 150 Å². The van der Waals surface area contributed by atoms with Crippen LogP contribution in [-0.4, -0.2) is 29.0 Å². The molecule has 1 N–H and O–H groups in total. The highest BCUT2D eigenvalue weighted by molar-refractivity contribution is 6.32. The number of imide groups is 2. The zero-order valence-electron chi connectivity index (χ0n) is 13.5. The van der Waals surface area contributed by atoms with Crippen LogP contribution in [0.25, 0.3) is 0 Å². The van der Waals surface area contributed by atoms with Crippen molar-refractivity contribution in [3.63, 3.8) is 0 Å². The molecular formula is C17H11F3N4O3. The lowest BCUT2D eigenvalue weighted by Crippen LogP contribution is -2.58. The minimum atomic E-state index is -4.65. The van der Waals surface area contributed by atoms with Gasteiger partial charge in [-0.3, -0.25) is 24.9 Å². The molecule has 10 heteroatoms. The number of pyridine rings is 1. The summed E-state index contributed by atoms with van der Waals surface area (Å²) < 4.78 is 38.7. The van der Waals surface area contributed by atoms with Crippen molar-refractivity contribution in [3.8, 4) is 0 Å². The maximum atomic E-state index is 12.9. The van der Waals surface area contributed by atoms with Gasteiger partial charge in [0.25, 0.3) is 5.91 Å². The van der Waals surface area contributed by atoms with Crippen molar-refractivity contribution in [2.75, 3.05) is 4.90 Å². The number of aromatic nitrogens is 1. The molecule has 1 fully saturated rings. The van der Waals surface area contributed by atoms with E-state index in [9.17, 15) is 27.6 Å². The molecule has 0 bridgehead atoms. The lowest BCUT2D eigenvalue weighted by Gasteiger charge is -2.28. The Morgan fingerprint density at radius 2 is 1.81 bits per heavy atom. The van der Waals surface area contributed by atoms with Gasteiger partial charge in [0.15, 0.2) is 5.92 Å². The Hall–Kier alpha value is -3.56. The Morgan fingerprint density at radius 1 is 1.11 bits per heavy atom. The van der Waals surface area contributed by atoms with Crippen LogP contribution in [0.3, 0.4) is 0 Å². The topological polar surface area (TPSA) is 91.7 Å². The number of nitrogens with one attached hydrogen (secondary N) is 1. The number of aliphatic imine (C=N–C) groups is 1. The highest BCUT2D eigenvalue weighted by Gasteiger charge is 2.41. The predicted molar refractivity (Wildman–Crippen MR) is 88.3 cm³/mol. The molecule has 1 aliphatic rings. The van der Waals surface area contributed by atoms with Gasteiger partial charge in [0.2, 0.25) is 5.91 Å². The minimum absolute atomic E-state index is 0.304. The Morgan fingerprint density at radius 3 is 2.48 bits per heavy atom. The van der Waals surface area contributed by atoms with Crippen LogP contribution < -0.4 is 10.2 Å². The summed E-state index contributed by atoms with van der Waals surface area (Å²) in [6, 6.07) is 5.62. The fourth-order valence-corrected chi connectivity index (χ4v) is 2.38. The van der Waals surface area contributed by atoms with E-state index in [-0.39, 0.29) is 5.69 Å². The highest BCUT2D eigenvalue weighted by Crippen LogP contribution is 2.32. The fourth-order valence-electron chi connectivity index (χ4n) is 2.38. The normalized spacial score (nSPS) is 18.1. The number of benzene rings is 1. The largest absolute Gasteiger partial charge is 0.416 e. The van der Waals surface area contributed by atoms with Gasteiger partial charge in [0.05, 0.1) is 16.9 Å². The summed E-state index contributed by atoms with van der Waals surface area (Å²) in [6.07, 6.45) is -0.717. The standard InChI is InChI=1S/C17H11F3N4O3/c18-17(19,20)10-2-1-3-12(8-10)24-15(26)13(14(25)23-16(24)27)9-22-11-4-6-21-7-5-11/h1-9,13H,(H,23,25,27)/t13-/m1/s1. The molecule has 2 aromatic rings. The van der Waals surface area contributed by atoms with Crippen LogP contribution in [0.1, 0.15) is 5.56 Å². The first kappa shape index (κ1) is 18.2. The Kier molecular flexibility index (Phi) is 4.72. The summed E-state index contributed by atoms with van der Waals surface area (Å²) in [5.74, 6) is -3.38. The van der Waals surface area contributed by atoms with E-state index in [4.69, 9.17) is 0 Å². The van der Waals surface area contributed by atoms with Gasteiger partial charge in [0.1, 0.15) is 0 Å². The zero-order chi connectivity index (χ0) is 19.6. The van der Waals surface area contributed by atoms with Crippen molar-refractivity contribution in [2.24, 2.45) is 10.9 Å². The van der Waals surface area contributed by atoms with E-state index in [0.717, 1.165) is 18.3 Å². The third kappa shape index (κ3) is 3.84. The summed E-state index contributed by atoms with van der Waals surface area (Å²) in [5, 5.41) is 1.95. The van der Waals surface area contributed by atoms with Crippen LogP contribution in [0, 0.1) is 5.92 Å². The van der Waals surface area contributed by atoms with Crippen LogP contribution in [-0.2, 0) is 15.8 Å². The van der Waals surface area contributed by atoms with Crippen molar-refractivity contribution < 1.29 is 27.6 Å². The number of amides is 4. The number of halogens is 3. The summed E-state index contributed by atoms with van der Waals surface area (Å²) in [5.41, 5.74) is -0.922. The molecule has 0 aliphatic carbocycles. The molecule has 1 aromatic carbocycles. The maximum absolute atomic E-state index is 12.9. The molecule has 4 amide bonds. The van der Waals surface area contributed by atoms with Crippen LogP contribution in [0.2, 0.25) is 0 Å². The van der Waals surface area contributed by atoms with Gasteiger partial charge in [-0.2, -0.15) is 13.2 Å². The number of urea groups is 1. The number of hydrogen-bond acceptors (Lipinski definition) is 5. The Bertz CT molecular complexity index is 929. The molecule has 1 aliphatic heterocycles. The Balaban J connectivity index is 1.92. The van der Waals surface area contributed by atoms with Gasteiger partial charge in [0, 0.05) is 18.6 Å². The average molecular weight is 376 g/mol. The molecule has 1 saturated heterocycles. The molecule has 0 spiro atoms. The van der Waals surface area contributed by atoms with E-state index >= 15 is 0 Å². The van der Waals surface area contributed by atoms with Gasteiger partial charge < -0.3 is 0 Å². The van der Waals surface area contributed by atoms with Gasteiger partial charge in [-0.1, -0.05) is 6.07 Å². The molecule has 138 valence electrons. The third-order valence-corrected chi connectivity index (χ3v) is 3.67. The van der Waals surface area contributed by atoms with E-state index in [1.807, 2.05) is 5.32 Å². The monoisotopic (exact) mass is 376 g/mol. The van der Waals surface area contributed by atoms with E-state index in [1.54, 1.807) is 0 Å². The number of alkyl halides is 3. The predicted octanol–water partition coefficient (Wildman–Crippen LogP) is 2.70. The molecular weight excluding hydrogens is 365 g/mol. The van der Waals surface area contributed by atoms with E-state index < -0.39 is 35.5 Å². The number of carbonyl (C=O) groups is 3. The van der Waals surface area contributed by atoms with Gasteiger partial charge >= 0.3 is 12.2 Å². The summed E-state index contributed by atoms with van der Waals surface area (Å²) in [6.45, 7) is 0. The number of carbonyl (C=O) groups excluding carboxylic acids is 3. The lowest BCUT2D eigenvalue weighted by atomic mass is 10.1. The third-order valence-electron chi connectivity index (χ3n) is 3.67. The first-order valence-corrected chi connectivity index (χ1v) is 7.57. The average Bonchev–Trinajstić information content (AvgIpc) is 2.61. The summed E-state index contributed by atoms with van der Waals surface area (Å²) in [4.78, 5) is 44.9. The molecule has 0 saturated carbocycles. The lowest BCUT2D eigenvalue weighted by molar-refractivity contribution is -0.138. The summed E-state index contributed by atoms with van der Waals surface area (Å²) in [7, 11) is 0. The molecule has 7 nitrogen and oxygen atoms in total. The van der Waals surface area contributed by atoms with Crippen molar-refractivity contribution in [3.05, 3.63) is 54.4 Å². The van der Waals surface area contributed by atoms with Crippen LogP contribution in [0.5, 0.6) is 0 Å². The number of anilines is 1. The second-order valence-corrected chi connectivity index (χ2v) is 5.48. The second kappa shape index (κ2) is 6.98. The quantitative estimate of drug-likeness (QED) is 0.659. The van der Waals surface area contributed by atoms with Crippen molar-refractivity contribution in [2.45, 2.75) is 6.18 Å². The highest BCUT2D eigenvalue weighted by atomic mass is 19.4. The van der Waals surface area contributed by atoms with Crippen LogP contribution in [0.4, 0.5) is 29.3 Å². The number of rotatable bonds is 3. The van der Waals surface area contributed by atoms with Crippen molar-refractivity contribution >= 4 is 35.4 Å².